The summed E-state index contributed by atoms with van der Waals surface area (Å²) in [6, 6.07) is 6.89. The number of quaternary nitrogens is 1. The van der Waals surface area contributed by atoms with E-state index in [-0.39, 0.29) is 18.2 Å². The van der Waals surface area contributed by atoms with Crippen molar-refractivity contribution in [2.75, 3.05) is 34.3 Å². The van der Waals surface area contributed by atoms with Crippen LogP contribution in [0.2, 0.25) is 0 Å². The zero-order valence-electron chi connectivity index (χ0n) is 12.5. The molecule has 0 aromatic heterocycles. The van der Waals surface area contributed by atoms with E-state index in [0.29, 0.717) is 16.7 Å². The summed E-state index contributed by atoms with van der Waals surface area (Å²) in [6.45, 7) is 2.78. The minimum atomic E-state index is -0.0762. The van der Waals surface area contributed by atoms with E-state index in [2.05, 4.69) is 21.1 Å². The summed E-state index contributed by atoms with van der Waals surface area (Å²) in [4.78, 5) is 23.0. The van der Waals surface area contributed by atoms with Crippen LogP contribution in [-0.2, 0) is 0 Å². The van der Waals surface area contributed by atoms with Gasteiger partial charge >= 0.3 is 0 Å². The lowest BCUT2D eigenvalue weighted by Gasteiger charge is -2.21. The summed E-state index contributed by atoms with van der Waals surface area (Å²) < 4.78 is 0.844. The summed E-state index contributed by atoms with van der Waals surface area (Å²) in [7, 11) is 6.16. The fourth-order valence-electron chi connectivity index (χ4n) is 1.75. The minimum Gasteiger partial charge on any atom is -0.391 e. The molecule has 0 saturated heterocycles. The number of carbonyl (C=O) groups excluding carboxylic acids is 2. The summed E-state index contributed by atoms with van der Waals surface area (Å²) in [5, 5.41) is 8.39. The van der Waals surface area contributed by atoms with Crippen LogP contribution in [0.5, 0.6) is 0 Å². The molecule has 108 valence electrons. The van der Waals surface area contributed by atoms with Crippen LogP contribution in [0.15, 0.2) is 35.9 Å². The van der Waals surface area contributed by atoms with Crippen LogP contribution in [0.25, 0.3) is 0 Å². The zero-order chi connectivity index (χ0) is 15.3. The van der Waals surface area contributed by atoms with Gasteiger partial charge in [0.2, 0.25) is 0 Å². The maximum atomic E-state index is 11.5. The SMILES string of the molecule is CC1=CC(=O)c2ccccc2C1=O.C[N+](C)(C)CCO. The number of aliphatic hydroxyl groups excluding tert-OH is 1. The number of fused-ring (bicyclic) bond motifs is 1. The van der Waals surface area contributed by atoms with Gasteiger partial charge in [-0.3, -0.25) is 9.59 Å². The van der Waals surface area contributed by atoms with Crippen LogP contribution < -0.4 is 0 Å². The Hall–Kier alpha value is -1.78. The first-order chi connectivity index (χ1) is 9.26. The smallest absolute Gasteiger partial charge is 0.189 e. The van der Waals surface area contributed by atoms with Gasteiger partial charge in [-0.25, -0.2) is 0 Å². The lowest BCUT2D eigenvalue weighted by atomic mass is 9.90. The van der Waals surface area contributed by atoms with Crippen molar-refractivity contribution >= 4 is 11.6 Å². The number of allylic oxidation sites excluding steroid dienone is 2. The number of benzene rings is 1. The largest absolute Gasteiger partial charge is 0.391 e. The number of ketones is 2. The van der Waals surface area contributed by atoms with Gasteiger partial charge in [-0.1, -0.05) is 24.3 Å². The van der Waals surface area contributed by atoms with Crippen molar-refractivity contribution in [3.05, 3.63) is 47.0 Å². The molecule has 4 nitrogen and oxygen atoms in total. The van der Waals surface area contributed by atoms with E-state index in [1.807, 2.05) is 0 Å². The van der Waals surface area contributed by atoms with Gasteiger partial charge in [-0.2, -0.15) is 0 Å². The summed E-state index contributed by atoms with van der Waals surface area (Å²) >= 11 is 0. The molecule has 0 bridgehead atoms. The molecule has 1 aromatic carbocycles. The van der Waals surface area contributed by atoms with E-state index in [4.69, 9.17) is 5.11 Å². The standard InChI is InChI=1S/C11H8O2.C5H14NO/c1-7-6-10(12)8-4-2-3-5-9(8)11(7)13;1-6(2,3)4-5-7/h2-6H,1H3;7H,4-5H2,1-3H3/q;+1. The number of carbonyl (C=O) groups is 2. The highest BCUT2D eigenvalue weighted by atomic mass is 16.3. The Morgan fingerprint density at radius 2 is 1.60 bits per heavy atom. The highest BCUT2D eigenvalue weighted by Crippen LogP contribution is 2.20. The highest BCUT2D eigenvalue weighted by molar-refractivity contribution is 6.24. The predicted molar refractivity (Wildman–Crippen MR) is 78.8 cm³/mol. The van der Waals surface area contributed by atoms with E-state index in [0.717, 1.165) is 11.0 Å². The van der Waals surface area contributed by atoms with E-state index in [9.17, 15) is 9.59 Å². The lowest BCUT2D eigenvalue weighted by molar-refractivity contribution is -0.870. The minimum absolute atomic E-state index is 0.0461. The molecule has 0 atom stereocenters. The van der Waals surface area contributed by atoms with Crippen LogP contribution >= 0.6 is 0 Å². The second-order valence-corrected chi connectivity index (χ2v) is 5.80. The zero-order valence-corrected chi connectivity index (χ0v) is 12.5. The lowest BCUT2D eigenvalue weighted by Crippen LogP contribution is -2.36. The van der Waals surface area contributed by atoms with Crippen molar-refractivity contribution in [3.63, 3.8) is 0 Å². The first kappa shape index (κ1) is 16.3. The molecule has 0 radical (unpaired) electrons. The summed E-state index contributed by atoms with van der Waals surface area (Å²) in [6.07, 6.45) is 1.39. The van der Waals surface area contributed by atoms with Crippen molar-refractivity contribution in [3.8, 4) is 0 Å². The normalized spacial score (nSPS) is 14.2. The topological polar surface area (TPSA) is 54.4 Å². The molecule has 0 heterocycles. The van der Waals surface area contributed by atoms with Crippen LogP contribution in [-0.4, -0.2) is 55.5 Å². The van der Waals surface area contributed by atoms with Gasteiger partial charge in [0.25, 0.3) is 0 Å². The average molecular weight is 276 g/mol. The third-order valence-corrected chi connectivity index (χ3v) is 2.91. The molecular weight excluding hydrogens is 254 g/mol. The van der Waals surface area contributed by atoms with Gasteiger partial charge in [0.05, 0.1) is 27.7 Å². The van der Waals surface area contributed by atoms with E-state index in [1.54, 1.807) is 31.2 Å². The van der Waals surface area contributed by atoms with Crippen molar-refractivity contribution in [1.29, 1.82) is 0 Å². The second-order valence-electron chi connectivity index (χ2n) is 5.80. The summed E-state index contributed by atoms with van der Waals surface area (Å²) in [5.74, 6) is -0.122. The number of aliphatic hydroxyl groups is 1. The highest BCUT2D eigenvalue weighted by Gasteiger charge is 2.21. The van der Waals surface area contributed by atoms with Crippen molar-refractivity contribution in [1.82, 2.24) is 0 Å². The molecule has 20 heavy (non-hydrogen) atoms. The van der Waals surface area contributed by atoms with Crippen LogP contribution in [0.3, 0.4) is 0 Å². The first-order valence-electron chi connectivity index (χ1n) is 6.54. The third kappa shape index (κ3) is 4.40. The van der Waals surface area contributed by atoms with Gasteiger partial charge in [0, 0.05) is 16.7 Å². The Morgan fingerprint density at radius 3 is 2.05 bits per heavy atom. The average Bonchev–Trinajstić information content (AvgIpc) is 2.35. The van der Waals surface area contributed by atoms with Crippen LogP contribution in [0.4, 0.5) is 0 Å². The van der Waals surface area contributed by atoms with Crippen molar-refractivity contribution in [2.24, 2.45) is 0 Å². The van der Waals surface area contributed by atoms with Gasteiger partial charge in [0.1, 0.15) is 6.54 Å². The number of rotatable bonds is 2. The Kier molecular flexibility index (Phi) is 5.36. The fourth-order valence-corrected chi connectivity index (χ4v) is 1.75. The molecule has 1 aliphatic rings. The second kappa shape index (κ2) is 6.59. The monoisotopic (exact) mass is 276 g/mol. The Labute approximate surface area is 119 Å². The molecule has 0 amide bonds. The molecule has 1 aliphatic carbocycles. The fraction of sp³-hybridized carbons (Fsp3) is 0.375. The van der Waals surface area contributed by atoms with E-state index in [1.165, 1.54) is 6.08 Å². The van der Waals surface area contributed by atoms with E-state index < -0.39 is 0 Å². The molecule has 1 N–H and O–H groups in total. The number of hydrogen-bond donors (Lipinski definition) is 1. The molecule has 0 unspecified atom stereocenters. The van der Waals surface area contributed by atoms with Gasteiger partial charge in [-0.05, 0) is 13.0 Å². The molecule has 4 heteroatoms. The molecule has 0 spiro atoms. The Balaban J connectivity index is 0.000000246. The maximum Gasteiger partial charge on any atom is 0.189 e. The quantitative estimate of drug-likeness (QED) is 0.836. The van der Waals surface area contributed by atoms with Gasteiger partial charge in [-0.15, -0.1) is 0 Å². The molecular formula is C16H22NO3+. The van der Waals surface area contributed by atoms with Crippen molar-refractivity contribution in [2.45, 2.75) is 6.92 Å². The molecule has 0 aliphatic heterocycles. The van der Waals surface area contributed by atoms with Gasteiger partial charge in [0.15, 0.2) is 11.6 Å². The third-order valence-electron chi connectivity index (χ3n) is 2.91. The molecule has 0 saturated carbocycles. The van der Waals surface area contributed by atoms with Crippen molar-refractivity contribution < 1.29 is 19.2 Å². The maximum absolute atomic E-state index is 11.5. The molecule has 1 aromatic rings. The molecule has 0 fully saturated rings. The number of Topliss-reactive ketones (excluding diaryl/α,β-unsaturated/α-hetero) is 1. The van der Waals surface area contributed by atoms with E-state index >= 15 is 0 Å². The molecule has 2 rings (SSSR count). The summed E-state index contributed by atoms with van der Waals surface area (Å²) in [5.41, 5.74) is 1.55. The van der Waals surface area contributed by atoms with Gasteiger partial charge < -0.3 is 9.59 Å². The predicted octanol–water partition coefficient (Wildman–Crippen LogP) is 1.70. The Morgan fingerprint density at radius 1 is 1.05 bits per heavy atom. The number of likely N-dealkylation sites (N-methyl/N-ethyl adjacent to an activating group) is 1. The number of nitrogens with zero attached hydrogens (tertiary/aromatic N) is 1. The van der Waals surface area contributed by atoms with Crippen LogP contribution in [0, 0.1) is 0 Å². The Bertz CT molecular complexity index is 539. The first-order valence-corrected chi connectivity index (χ1v) is 6.54. The number of hydrogen-bond acceptors (Lipinski definition) is 3. The van der Waals surface area contributed by atoms with Crippen LogP contribution in [0.1, 0.15) is 27.6 Å².